The van der Waals surface area contributed by atoms with Crippen LogP contribution < -0.4 is 15.6 Å². The first kappa shape index (κ1) is 17.1. The molecule has 2 N–H and O–H groups in total. The van der Waals surface area contributed by atoms with Crippen LogP contribution in [0.2, 0.25) is 0 Å². The van der Waals surface area contributed by atoms with E-state index in [1.54, 1.807) is 0 Å². The van der Waals surface area contributed by atoms with Gasteiger partial charge >= 0.3 is 0 Å². The molecule has 20 heavy (non-hydrogen) atoms. The SMILES string of the molecule is CNS(=O)(=O)CCNc1cnn(CC(C)C)c(=O)c1Br. The number of hydrogen-bond donors (Lipinski definition) is 2. The van der Waals surface area contributed by atoms with E-state index in [9.17, 15) is 13.2 Å². The third-order valence-electron chi connectivity index (χ3n) is 2.52. The average molecular weight is 367 g/mol. The molecule has 0 aliphatic rings. The van der Waals surface area contributed by atoms with Gasteiger partial charge in [0.1, 0.15) is 4.47 Å². The van der Waals surface area contributed by atoms with Gasteiger partial charge in [0.25, 0.3) is 5.56 Å². The molecule has 0 aliphatic carbocycles. The summed E-state index contributed by atoms with van der Waals surface area (Å²) in [6, 6.07) is 0. The number of aromatic nitrogens is 2. The Balaban J connectivity index is 2.79. The fourth-order valence-electron chi connectivity index (χ4n) is 1.49. The van der Waals surface area contributed by atoms with Crippen LogP contribution in [-0.2, 0) is 16.6 Å². The molecule has 1 aromatic heterocycles. The fourth-order valence-corrected chi connectivity index (χ4v) is 2.51. The fraction of sp³-hybridized carbons (Fsp3) is 0.636. The zero-order valence-electron chi connectivity index (χ0n) is 11.7. The Kier molecular flexibility index (Phi) is 6.15. The highest BCUT2D eigenvalue weighted by Gasteiger charge is 2.11. The topological polar surface area (TPSA) is 93.1 Å². The van der Waals surface area contributed by atoms with Crippen molar-refractivity contribution in [3.63, 3.8) is 0 Å². The van der Waals surface area contributed by atoms with E-state index in [4.69, 9.17) is 0 Å². The van der Waals surface area contributed by atoms with Gasteiger partial charge in [-0.25, -0.2) is 17.8 Å². The van der Waals surface area contributed by atoms with E-state index in [1.165, 1.54) is 17.9 Å². The lowest BCUT2D eigenvalue weighted by molar-refractivity contribution is 0.462. The van der Waals surface area contributed by atoms with Crippen LogP contribution in [0.15, 0.2) is 15.5 Å². The smallest absolute Gasteiger partial charge is 0.283 e. The van der Waals surface area contributed by atoms with Crippen LogP contribution in [0.4, 0.5) is 5.69 Å². The van der Waals surface area contributed by atoms with Gasteiger partial charge in [0.2, 0.25) is 10.0 Å². The molecule has 9 heteroatoms. The summed E-state index contributed by atoms with van der Waals surface area (Å²) in [4.78, 5) is 12.0. The summed E-state index contributed by atoms with van der Waals surface area (Å²) >= 11 is 3.22. The van der Waals surface area contributed by atoms with Gasteiger partial charge in [-0.15, -0.1) is 0 Å². The maximum Gasteiger partial charge on any atom is 0.283 e. The lowest BCUT2D eigenvalue weighted by Gasteiger charge is -2.11. The van der Waals surface area contributed by atoms with E-state index in [2.05, 4.69) is 31.1 Å². The van der Waals surface area contributed by atoms with Crippen molar-refractivity contribution in [1.82, 2.24) is 14.5 Å². The molecule has 0 saturated carbocycles. The second kappa shape index (κ2) is 7.19. The molecule has 0 radical (unpaired) electrons. The molecule has 1 heterocycles. The Bertz CT molecular complexity index is 613. The summed E-state index contributed by atoms with van der Waals surface area (Å²) in [5, 5.41) is 6.94. The summed E-state index contributed by atoms with van der Waals surface area (Å²) in [6.07, 6.45) is 1.51. The van der Waals surface area contributed by atoms with E-state index in [-0.39, 0.29) is 17.9 Å². The molecule has 0 aliphatic heterocycles. The molecule has 0 saturated heterocycles. The van der Waals surface area contributed by atoms with Gasteiger partial charge in [0, 0.05) is 13.1 Å². The van der Waals surface area contributed by atoms with Crippen LogP contribution in [-0.4, -0.2) is 37.5 Å². The minimum absolute atomic E-state index is 0.0784. The van der Waals surface area contributed by atoms with Crippen molar-refractivity contribution >= 4 is 31.6 Å². The first-order valence-electron chi connectivity index (χ1n) is 6.17. The molecular formula is C11H19BrN4O3S. The molecule has 0 spiro atoms. The van der Waals surface area contributed by atoms with Crippen LogP contribution in [0, 0.1) is 5.92 Å². The number of nitrogens with zero attached hydrogens (tertiary/aromatic N) is 2. The molecule has 114 valence electrons. The van der Waals surface area contributed by atoms with Crippen molar-refractivity contribution in [2.24, 2.45) is 5.92 Å². The molecule has 0 amide bonds. The summed E-state index contributed by atoms with van der Waals surface area (Å²) < 4.78 is 26.5. The van der Waals surface area contributed by atoms with Gasteiger partial charge in [-0.3, -0.25) is 4.79 Å². The van der Waals surface area contributed by atoms with Gasteiger partial charge in [-0.1, -0.05) is 13.8 Å². The Morgan fingerprint density at radius 1 is 1.45 bits per heavy atom. The maximum atomic E-state index is 12.0. The maximum absolute atomic E-state index is 12.0. The predicted octanol–water partition coefficient (Wildman–Crippen LogP) is 0.623. The van der Waals surface area contributed by atoms with Gasteiger partial charge in [0.05, 0.1) is 17.6 Å². The standard InChI is InChI=1S/C11H19BrN4O3S/c1-8(2)7-16-11(17)10(12)9(6-15-16)14-4-5-20(18,19)13-3/h6,8,13-14H,4-5,7H2,1-3H3. The second-order valence-electron chi connectivity index (χ2n) is 4.70. The Morgan fingerprint density at radius 3 is 2.65 bits per heavy atom. The van der Waals surface area contributed by atoms with Gasteiger partial charge in [-0.05, 0) is 28.9 Å². The van der Waals surface area contributed by atoms with Crippen molar-refractivity contribution in [2.75, 3.05) is 24.7 Å². The Morgan fingerprint density at radius 2 is 2.10 bits per heavy atom. The zero-order chi connectivity index (χ0) is 15.3. The Hall–Kier alpha value is -0.930. The lowest BCUT2D eigenvalue weighted by Crippen LogP contribution is -2.28. The zero-order valence-corrected chi connectivity index (χ0v) is 14.1. The monoisotopic (exact) mass is 366 g/mol. The molecule has 0 fully saturated rings. The highest BCUT2D eigenvalue weighted by molar-refractivity contribution is 9.10. The number of anilines is 1. The summed E-state index contributed by atoms with van der Waals surface area (Å²) in [5.41, 5.74) is 0.251. The normalized spacial score (nSPS) is 11.8. The van der Waals surface area contributed by atoms with Crippen molar-refractivity contribution in [1.29, 1.82) is 0 Å². The number of rotatable bonds is 7. The van der Waals surface area contributed by atoms with Crippen molar-refractivity contribution in [3.05, 3.63) is 21.0 Å². The first-order valence-corrected chi connectivity index (χ1v) is 8.62. The summed E-state index contributed by atoms with van der Waals surface area (Å²) in [7, 11) is -1.91. The number of nitrogens with one attached hydrogen (secondary N) is 2. The van der Waals surface area contributed by atoms with Crippen LogP contribution in [0.5, 0.6) is 0 Å². The minimum Gasteiger partial charge on any atom is -0.382 e. The van der Waals surface area contributed by atoms with Crippen LogP contribution >= 0.6 is 15.9 Å². The highest BCUT2D eigenvalue weighted by atomic mass is 79.9. The van der Waals surface area contributed by atoms with Crippen LogP contribution in [0.25, 0.3) is 0 Å². The van der Waals surface area contributed by atoms with Gasteiger partial charge in [0.15, 0.2) is 0 Å². The van der Waals surface area contributed by atoms with Crippen LogP contribution in [0.1, 0.15) is 13.8 Å². The number of halogens is 1. The predicted molar refractivity (Wildman–Crippen MR) is 82.4 cm³/mol. The number of hydrogen-bond acceptors (Lipinski definition) is 5. The van der Waals surface area contributed by atoms with Crippen LogP contribution in [0.3, 0.4) is 0 Å². The molecular weight excluding hydrogens is 348 g/mol. The molecule has 0 bridgehead atoms. The van der Waals surface area contributed by atoms with E-state index < -0.39 is 10.0 Å². The van der Waals surface area contributed by atoms with Crippen molar-refractivity contribution in [2.45, 2.75) is 20.4 Å². The largest absolute Gasteiger partial charge is 0.382 e. The van der Waals surface area contributed by atoms with E-state index in [0.717, 1.165) is 0 Å². The first-order chi connectivity index (χ1) is 9.26. The van der Waals surface area contributed by atoms with Crippen molar-refractivity contribution in [3.8, 4) is 0 Å². The molecule has 0 aromatic carbocycles. The third kappa shape index (κ3) is 4.88. The Labute approximate surface area is 126 Å². The molecule has 0 unspecified atom stereocenters. The minimum atomic E-state index is -3.27. The molecule has 1 aromatic rings. The second-order valence-corrected chi connectivity index (χ2v) is 7.54. The van der Waals surface area contributed by atoms with Crippen molar-refractivity contribution < 1.29 is 8.42 Å². The van der Waals surface area contributed by atoms with Gasteiger partial charge in [-0.2, -0.15) is 5.10 Å². The van der Waals surface area contributed by atoms with E-state index in [0.29, 0.717) is 22.6 Å². The van der Waals surface area contributed by atoms with E-state index >= 15 is 0 Å². The number of sulfonamides is 1. The molecule has 1 rings (SSSR count). The quantitative estimate of drug-likeness (QED) is 0.737. The summed E-state index contributed by atoms with van der Waals surface area (Å²) in [6.45, 7) is 4.72. The average Bonchev–Trinajstić information content (AvgIpc) is 2.37. The third-order valence-corrected chi connectivity index (χ3v) is 4.65. The lowest BCUT2D eigenvalue weighted by atomic mass is 10.2. The molecule has 0 atom stereocenters. The molecule has 7 nitrogen and oxygen atoms in total. The van der Waals surface area contributed by atoms with Gasteiger partial charge < -0.3 is 5.32 Å². The van der Waals surface area contributed by atoms with E-state index in [1.807, 2.05) is 13.8 Å². The highest BCUT2D eigenvalue weighted by Crippen LogP contribution is 2.16. The summed E-state index contributed by atoms with van der Waals surface area (Å²) in [5.74, 6) is 0.233.